The first-order valence-corrected chi connectivity index (χ1v) is 10.2. The Balaban J connectivity index is 1.60. The van der Waals surface area contributed by atoms with Gasteiger partial charge in [0.05, 0.1) is 12.8 Å². The molecule has 0 aliphatic carbocycles. The highest BCUT2D eigenvalue weighted by atomic mass is 35.5. The van der Waals surface area contributed by atoms with Crippen LogP contribution < -0.4 is 14.4 Å². The van der Waals surface area contributed by atoms with E-state index >= 15 is 0 Å². The molecule has 1 aliphatic rings. The minimum absolute atomic E-state index is 0.0146. The van der Waals surface area contributed by atoms with Crippen molar-refractivity contribution in [2.45, 2.75) is 13.5 Å². The Bertz CT molecular complexity index is 1110. The Morgan fingerprint density at radius 1 is 1.00 bits per heavy atom. The van der Waals surface area contributed by atoms with Gasteiger partial charge in [0, 0.05) is 22.7 Å². The standard InChI is InChI=1S/C25H22ClNO3/c1-3-27-22-7-5-4-6-20(22)21(25(27)28)14-18-10-13-23(24(15-18)29-2)30-16-17-8-11-19(26)12-9-17/h4-15H,3,16H2,1-2H3/b21-14-. The molecule has 1 heterocycles. The van der Waals surface area contributed by atoms with E-state index in [1.54, 1.807) is 12.0 Å². The maximum atomic E-state index is 12.9. The van der Waals surface area contributed by atoms with Gasteiger partial charge < -0.3 is 14.4 Å². The quantitative estimate of drug-likeness (QED) is 0.471. The number of fused-ring (bicyclic) bond motifs is 1. The lowest BCUT2D eigenvalue weighted by Crippen LogP contribution is -2.25. The summed E-state index contributed by atoms with van der Waals surface area (Å²) in [6.45, 7) is 3.02. The molecule has 0 aromatic heterocycles. The smallest absolute Gasteiger partial charge is 0.258 e. The number of hydrogen-bond acceptors (Lipinski definition) is 3. The number of ether oxygens (including phenoxy) is 2. The van der Waals surface area contributed by atoms with Crippen LogP contribution in [0.25, 0.3) is 11.6 Å². The molecule has 0 fully saturated rings. The number of anilines is 1. The summed E-state index contributed by atoms with van der Waals surface area (Å²) in [6, 6.07) is 21.1. The molecule has 0 saturated heterocycles. The highest BCUT2D eigenvalue weighted by molar-refractivity contribution is 6.35. The van der Waals surface area contributed by atoms with Gasteiger partial charge in [0.2, 0.25) is 0 Å². The van der Waals surface area contributed by atoms with Gasteiger partial charge in [-0.1, -0.05) is 48.0 Å². The molecule has 1 aliphatic heterocycles. The maximum absolute atomic E-state index is 12.9. The second-order valence-electron chi connectivity index (χ2n) is 6.95. The topological polar surface area (TPSA) is 38.8 Å². The van der Waals surface area contributed by atoms with E-state index in [9.17, 15) is 4.79 Å². The summed E-state index contributed by atoms with van der Waals surface area (Å²) in [4.78, 5) is 14.7. The Labute approximate surface area is 181 Å². The molecule has 30 heavy (non-hydrogen) atoms. The molecule has 0 N–H and O–H groups in total. The third kappa shape index (κ3) is 3.91. The molecule has 5 heteroatoms. The zero-order valence-electron chi connectivity index (χ0n) is 16.9. The fourth-order valence-corrected chi connectivity index (χ4v) is 3.69. The van der Waals surface area contributed by atoms with E-state index in [2.05, 4.69) is 0 Å². The lowest BCUT2D eigenvalue weighted by atomic mass is 10.0. The number of likely N-dealkylation sites (N-methyl/N-ethyl adjacent to an activating group) is 1. The lowest BCUT2D eigenvalue weighted by molar-refractivity contribution is -0.112. The van der Waals surface area contributed by atoms with Crippen LogP contribution >= 0.6 is 11.6 Å². The van der Waals surface area contributed by atoms with Gasteiger partial charge in [0.25, 0.3) is 5.91 Å². The first-order valence-electron chi connectivity index (χ1n) is 9.79. The van der Waals surface area contributed by atoms with E-state index in [1.165, 1.54) is 0 Å². The second-order valence-corrected chi connectivity index (χ2v) is 7.39. The van der Waals surface area contributed by atoms with Crippen LogP contribution in [0.1, 0.15) is 23.6 Å². The van der Waals surface area contributed by atoms with Gasteiger partial charge in [0.1, 0.15) is 6.61 Å². The molecular formula is C25H22ClNO3. The van der Waals surface area contributed by atoms with Crippen molar-refractivity contribution in [1.82, 2.24) is 0 Å². The summed E-state index contributed by atoms with van der Waals surface area (Å²) in [6.07, 6.45) is 1.91. The number of amides is 1. The van der Waals surface area contributed by atoms with Gasteiger partial charge in [-0.15, -0.1) is 0 Å². The minimum atomic E-state index is 0.0146. The van der Waals surface area contributed by atoms with Gasteiger partial charge in [0.15, 0.2) is 11.5 Å². The van der Waals surface area contributed by atoms with Crippen LogP contribution in [0.4, 0.5) is 5.69 Å². The van der Waals surface area contributed by atoms with E-state index in [4.69, 9.17) is 21.1 Å². The van der Waals surface area contributed by atoms with Crippen molar-refractivity contribution in [3.8, 4) is 11.5 Å². The third-order valence-electron chi connectivity index (χ3n) is 5.08. The van der Waals surface area contributed by atoms with Gasteiger partial charge in [-0.2, -0.15) is 0 Å². The van der Waals surface area contributed by atoms with Crippen molar-refractivity contribution < 1.29 is 14.3 Å². The fourth-order valence-electron chi connectivity index (χ4n) is 3.56. The molecule has 0 bridgehead atoms. The Kier molecular flexibility index (Phi) is 5.77. The van der Waals surface area contributed by atoms with Crippen molar-refractivity contribution in [2.75, 3.05) is 18.6 Å². The summed E-state index contributed by atoms with van der Waals surface area (Å²) < 4.78 is 11.5. The van der Waals surface area contributed by atoms with Gasteiger partial charge in [-0.05, 0) is 54.5 Å². The Morgan fingerprint density at radius 2 is 1.77 bits per heavy atom. The molecule has 0 spiro atoms. The predicted molar refractivity (Wildman–Crippen MR) is 121 cm³/mol. The second kappa shape index (κ2) is 8.64. The number of carbonyl (C=O) groups is 1. The number of carbonyl (C=O) groups excluding carboxylic acids is 1. The fraction of sp³-hybridized carbons (Fsp3) is 0.160. The van der Waals surface area contributed by atoms with Gasteiger partial charge in [-0.25, -0.2) is 0 Å². The van der Waals surface area contributed by atoms with Crippen molar-refractivity contribution in [1.29, 1.82) is 0 Å². The minimum Gasteiger partial charge on any atom is -0.493 e. The zero-order valence-corrected chi connectivity index (χ0v) is 17.6. The van der Waals surface area contributed by atoms with Crippen molar-refractivity contribution in [3.63, 3.8) is 0 Å². The van der Waals surface area contributed by atoms with Crippen molar-refractivity contribution >= 4 is 34.8 Å². The summed E-state index contributed by atoms with van der Waals surface area (Å²) in [5.74, 6) is 1.27. The molecule has 0 radical (unpaired) electrons. The van der Waals surface area contributed by atoms with Crippen LogP contribution in [-0.4, -0.2) is 19.6 Å². The highest BCUT2D eigenvalue weighted by Crippen LogP contribution is 2.38. The van der Waals surface area contributed by atoms with Crippen molar-refractivity contribution in [3.05, 3.63) is 88.4 Å². The van der Waals surface area contributed by atoms with Crippen LogP contribution in [-0.2, 0) is 11.4 Å². The summed E-state index contributed by atoms with van der Waals surface area (Å²) in [5, 5.41) is 0.693. The molecule has 4 rings (SSSR count). The van der Waals surface area contributed by atoms with Crippen LogP contribution in [0.15, 0.2) is 66.7 Å². The Morgan fingerprint density at radius 3 is 2.50 bits per heavy atom. The molecule has 3 aromatic carbocycles. The molecule has 1 amide bonds. The van der Waals surface area contributed by atoms with Gasteiger partial charge >= 0.3 is 0 Å². The normalized spacial score (nSPS) is 14.2. The molecule has 152 valence electrons. The summed E-state index contributed by atoms with van der Waals surface area (Å²) in [7, 11) is 1.61. The number of para-hydroxylation sites is 1. The number of methoxy groups -OCH3 is 1. The van der Waals surface area contributed by atoms with Crippen LogP contribution in [0.3, 0.4) is 0 Å². The average molecular weight is 420 g/mol. The number of hydrogen-bond donors (Lipinski definition) is 0. The molecule has 3 aromatic rings. The Hall–Kier alpha value is -3.24. The van der Waals surface area contributed by atoms with Crippen molar-refractivity contribution in [2.24, 2.45) is 0 Å². The highest BCUT2D eigenvalue weighted by Gasteiger charge is 2.30. The number of benzene rings is 3. The number of rotatable bonds is 6. The average Bonchev–Trinajstić information content (AvgIpc) is 3.04. The number of nitrogens with zero attached hydrogens (tertiary/aromatic N) is 1. The lowest BCUT2D eigenvalue weighted by Gasteiger charge is -2.13. The summed E-state index contributed by atoms with van der Waals surface area (Å²) >= 11 is 5.93. The molecule has 0 atom stereocenters. The van der Waals surface area contributed by atoms with Crippen LogP contribution in [0.5, 0.6) is 11.5 Å². The number of halogens is 1. The monoisotopic (exact) mass is 419 g/mol. The van der Waals surface area contributed by atoms with E-state index in [0.29, 0.717) is 35.2 Å². The largest absolute Gasteiger partial charge is 0.493 e. The van der Waals surface area contributed by atoms with Crippen LogP contribution in [0, 0.1) is 0 Å². The van der Waals surface area contributed by atoms with E-state index in [-0.39, 0.29) is 5.91 Å². The predicted octanol–water partition coefficient (Wildman–Crippen LogP) is 5.83. The molecule has 4 nitrogen and oxygen atoms in total. The van der Waals surface area contributed by atoms with Gasteiger partial charge in [-0.3, -0.25) is 4.79 Å². The summed E-state index contributed by atoms with van der Waals surface area (Å²) in [5.41, 5.74) is 4.48. The maximum Gasteiger partial charge on any atom is 0.258 e. The first-order chi connectivity index (χ1) is 14.6. The molecule has 0 unspecified atom stereocenters. The third-order valence-corrected chi connectivity index (χ3v) is 5.34. The van der Waals surface area contributed by atoms with E-state index < -0.39 is 0 Å². The van der Waals surface area contributed by atoms with E-state index in [1.807, 2.05) is 79.7 Å². The van der Waals surface area contributed by atoms with Crippen LogP contribution in [0.2, 0.25) is 5.02 Å². The SMILES string of the molecule is CCN1C(=O)/C(=C\c2ccc(OCc3ccc(Cl)cc3)c(OC)c2)c2ccccc21. The first kappa shape index (κ1) is 20.0. The molecule has 0 saturated carbocycles. The zero-order chi connectivity index (χ0) is 21.1. The molecular weight excluding hydrogens is 398 g/mol. The van der Waals surface area contributed by atoms with E-state index in [0.717, 1.165) is 22.4 Å².